The lowest BCUT2D eigenvalue weighted by Crippen LogP contribution is -2.24. The highest BCUT2D eigenvalue weighted by molar-refractivity contribution is 5.85. The summed E-state index contributed by atoms with van der Waals surface area (Å²) in [5, 5.41) is 21.4. The van der Waals surface area contributed by atoms with E-state index in [1.54, 1.807) is 6.92 Å². The van der Waals surface area contributed by atoms with Crippen molar-refractivity contribution in [2.24, 2.45) is 5.10 Å². The predicted molar refractivity (Wildman–Crippen MR) is 129 cm³/mol. The fraction of sp³-hybridized carbons (Fsp3) is 0.160. The number of hydrogen-bond acceptors (Lipinski definition) is 6. The quantitative estimate of drug-likeness (QED) is 0.241. The van der Waals surface area contributed by atoms with E-state index in [9.17, 15) is 14.9 Å². The van der Waals surface area contributed by atoms with Gasteiger partial charge in [-0.05, 0) is 60.0 Å². The minimum absolute atomic E-state index is 0.0842. The molecule has 0 unspecified atom stereocenters. The number of hydrazone groups is 1. The molecule has 0 aliphatic carbocycles. The number of carbonyl (C=O) groups is 1. The number of carbonyl (C=O) groups excluding carboxylic acids is 1. The molecule has 0 atom stereocenters. The van der Waals surface area contributed by atoms with Crippen LogP contribution in [0.4, 0.5) is 5.69 Å². The maximum absolute atomic E-state index is 12.1. The number of aromatic nitrogens is 2. The number of benzene rings is 3. The third-order valence-electron chi connectivity index (χ3n) is 5.38. The Bertz CT molecular complexity index is 1370. The topological polar surface area (TPSA) is 112 Å². The smallest absolute Gasteiger partial charge is 0.312 e. The maximum atomic E-state index is 12.1. The maximum Gasteiger partial charge on any atom is 0.312 e. The highest BCUT2D eigenvalue weighted by atomic mass is 16.6. The van der Waals surface area contributed by atoms with E-state index in [2.05, 4.69) is 39.9 Å². The van der Waals surface area contributed by atoms with Gasteiger partial charge in [-0.25, -0.2) is 5.43 Å². The Morgan fingerprint density at radius 1 is 1.12 bits per heavy atom. The van der Waals surface area contributed by atoms with E-state index in [4.69, 9.17) is 4.74 Å². The van der Waals surface area contributed by atoms with Crippen molar-refractivity contribution in [2.45, 2.75) is 27.0 Å². The Kier molecular flexibility index (Phi) is 6.63. The van der Waals surface area contributed by atoms with Crippen LogP contribution in [0, 0.1) is 24.0 Å². The summed E-state index contributed by atoms with van der Waals surface area (Å²) < 4.78 is 7.22. The molecule has 172 valence electrons. The first-order valence-electron chi connectivity index (χ1n) is 10.6. The number of nitrogens with one attached hydrogen (secondary N) is 1. The number of aryl methyl sites for hydroxylation is 1. The van der Waals surface area contributed by atoms with E-state index in [-0.39, 0.29) is 17.9 Å². The molecule has 1 amide bonds. The molecule has 0 fully saturated rings. The van der Waals surface area contributed by atoms with E-state index in [1.165, 1.54) is 28.6 Å². The number of rotatable bonds is 8. The zero-order valence-electron chi connectivity index (χ0n) is 18.8. The van der Waals surface area contributed by atoms with Gasteiger partial charge in [0.25, 0.3) is 5.91 Å². The second-order valence-corrected chi connectivity index (χ2v) is 7.72. The van der Waals surface area contributed by atoms with Crippen molar-refractivity contribution in [3.05, 3.63) is 99.4 Å². The van der Waals surface area contributed by atoms with Crippen LogP contribution in [0.25, 0.3) is 10.8 Å². The molecule has 1 heterocycles. The van der Waals surface area contributed by atoms with Crippen LogP contribution in [-0.4, -0.2) is 26.8 Å². The molecular weight excluding hydrogens is 434 g/mol. The minimum atomic E-state index is -0.500. The van der Waals surface area contributed by atoms with Crippen LogP contribution in [0.3, 0.4) is 0 Å². The molecule has 0 aliphatic rings. The normalized spacial score (nSPS) is 11.1. The van der Waals surface area contributed by atoms with E-state index >= 15 is 0 Å². The number of nitrogens with zero attached hydrogens (tertiary/aromatic N) is 4. The van der Waals surface area contributed by atoms with Crippen molar-refractivity contribution in [3.8, 4) is 5.75 Å². The fourth-order valence-corrected chi connectivity index (χ4v) is 3.69. The summed E-state index contributed by atoms with van der Waals surface area (Å²) in [5.41, 5.74) is 4.80. The Labute approximate surface area is 195 Å². The number of fused-ring (bicyclic) bond motifs is 1. The Morgan fingerprint density at radius 2 is 1.85 bits per heavy atom. The van der Waals surface area contributed by atoms with Crippen LogP contribution < -0.4 is 10.2 Å². The lowest BCUT2D eigenvalue weighted by molar-refractivity contribution is -0.386. The summed E-state index contributed by atoms with van der Waals surface area (Å²) in [7, 11) is 0. The van der Waals surface area contributed by atoms with Crippen molar-refractivity contribution in [1.29, 1.82) is 0 Å². The van der Waals surface area contributed by atoms with Gasteiger partial charge in [0.2, 0.25) is 0 Å². The fourth-order valence-electron chi connectivity index (χ4n) is 3.69. The van der Waals surface area contributed by atoms with E-state index in [1.807, 2.05) is 42.5 Å². The van der Waals surface area contributed by atoms with Crippen LogP contribution >= 0.6 is 0 Å². The molecule has 4 aromatic rings. The van der Waals surface area contributed by atoms with Gasteiger partial charge < -0.3 is 4.74 Å². The Hall–Kier alpha value is -4.53. The number of nitro groups is 1. The first kappa shape index (κ1) is 22.7. The lowest BCUT2D eigenvalue weighted by Gasteiger charge is -2.09. The molecule has 34 heavy (non-hydrogen) atoms. The molecule has 0 saturated carbocycles. The second kappa shape index (κ2) is 9.95. The summed E-state index contributed by atoms with van der Waals surface area (Å²) in [6.45, 7) is 3.37. The molecule has 1 aromatic heterocycles. The Morgan fingerprint density at radius 3 is 2.59 bits per heavy atom. The number of hydrogen-bond donors (Lipinski definition) is 1. The van der Waals surface area contributed by atoms with Crippen molar-refractivity contribution in [2.75, 3.05) is 0 Å². The zero-order chi connectivity index (χ0) is 24.1. The standard InChI is InChI=1S/C25H23N5O4/c1-17-25(30(32)33)18(2)29(28-17)15-24(31)27-26-14-19-10-12-22(13-11-19)34-16-21-8-5-7-20-6-3-4-9-23(20)21/h3-14H,15-16H2,1-2H3,(H,27,31). The summed E-state index contributed by atoms with van der Waals surface area (Å²) in [5.74, 6) is 0.284. The minimum Gasteiger partial charge on any atom is -0.489 e. The third-order valence-corrected chi connectivity index (χ3v) is 5.38. The molecule has 1 N–H and O–H groups in total. The van der Waals surface area contributed by atoms with Gasteiger partial charge in [0, 0.05) is 0 Å². The van der Waals surface area contributed by atoms with Gasteiger partial charge >= 0.3 is 5.69 Å². The van der Waals surface area contributed by atoms with Gasteiger partial charge in [-0.2, -0.15) is 10.2 Å². The van der Waals surface area contributed by atoms with Gasteiger partial charge in [-0.15, -0.1) is 0 Å². The summed E-state index contributed by atoms with van der Waals surface area (Å²) in [4.78, 5) is 22.7. The first-order chi connectivity index (χ1) is 16.4. The summed E-state index contributed by atoms with van der Waals surface area (Å²) in [6, 6.07) is 21.7. The molecule has 4 rings (SSSR count). The van der Waals surface area contributed by atoms with Crippen LogP contribution in [0.2, 0.25) is 0 Å². The largest absolute Gasteiger partial charge is 0.489 e. The lowest BCUT2D eigenvalue weighted by atomic mass is 10.1. The number of ether oxygens (including phenoxy) is 1. The summed E-state index contributed by atoms with van der Waals surface area (Å²) >= 11 is 0. The predicted octanol–water partition coefficient (Wildman–Crippen LogP) is 4.29. The molecule has 0 bridgehead atoms. The van der Waals surface area contributed by atoms with Crippen LogP contribution in [-0.2, 0) is 17.9 Å². The van der Waals surface area contributed by atoms with Crippen molar-refractivity contribution in [3.63, 3.8) is 0 Å². The highest BCUT2D eigenvalue weighted by Crippen LogP contribution is 2.22. The molecule has 0 aliphatic heterocycles. The van der Waals surface area contributed by atoms with Gasteiger partial charge in [0.05, 0.1) is 11.1 Å². The van der Waals surface area contributed by atoms with Crippen molar-refractivity contribution >= 4 is 28.6 Å². The van der Waals surface area contributed by atoms with Crippen molar-refractivity contribution in [1.82, 2.24) is 15.2 Å². The zero-order valence-corrected chi connectivity index (χ0v) is 18.8. The van der Waals surface area contributed by atoms with Gasteiger partial charge in [0.15, 0.2) is 0 Å². The highest BCUT2D eigenvalue weighted by Gasteiger charge is 2.22. The average molecular weight is 457 g/mol. The molecule has 9 nitrogen and oxygen atoms in total. The molecule has 0 saturated heterocycles. The molecular formula is C25H23N5O4. The second-order valence-electron chi connectivity index (χ2n) is 7.72. The van der Waals surface area contributed by atoms with Crippen molar-refractivity contribution < 1.29 is 14.5 Å². The van der Waals surface area contributed by atoms with E-state index in [0.717, 1.165) is 16.9 Å². The average Bonchev–Trinajstić information content (AvgIpc) is 3.11. The molecule has 0 radical (unpaired) electrons. The molecule has 3 aromatic carbocycles. The van der Waals surface area contributed by atoms with Crippen LogP contribution in [0.1, 0.15) is 22.5 Å². The van der Waals surface area contributed by atoms with E-state index < -0.39 is 10.8 Å². The summed E-state index contributed by atoms with van der Waals surface area (Å²) in [6.07, 6.45) is 1.51. The van der Waals surface area contributed by atoms with E-state index in [0.29, 0.717) is 12.3 Å². The number of amides is 1. The molecule has 9 heteroatoms. The molecule has 0 spiro atoms. The van der Waals surface area contributed by atoms with Crippen LogP contribution in [0.15, 0.2) is 71.8 Å². The third kappa shape index (κ3) is 5.09. The van der Waals surface area contributed by atoms with Crippen LogP contribution in [0.5, 0.6) is 5.75 Å². The van der Waals surface area contributed by atoms with Gasteiger partial charge in [0.1, 0.15) is 30.3 Å². The monoisotopic (exact) mass is 457 g/mol. The van der Waals surface area contributed by atoms with Gasteiger partial charge in [-0.1, -0.05) is 42.5 Å². The Balaban J connectivity index is 1.31. The SMILES string of the molecule is Cc1nn(CC(=O)NN=Cc2ccc(OCc3cccc4ccccc34)cc2)c(C)c1[N+](=O)[O-]. The van der Waals surface area contributed by atoms with Gasteiger partial charge in [-0.3, -0.25) is 19.6 Å². The first-order valence-corrected chi connectivity index (χ1v) is 10.6.